The molecule has 0 bridgehead atoms. The topological polar surface area (TPSA) is 57.9 Å². The van der Waals surface area contributed by atoms with Crippen LogP contribution < -0.4 is 0 Å². The lowest BCUT2D eigenvalue weighted by molar-refractivity contribution is 0.611. The van der Waals surface area contributed by atoms with Crippen LogP contribution in [-0.4, -0.2) is 19.9 Å². The predicted molar refractivity (Wildman–Crippen MR) is 61.5 cm³/mol. The molecule has 3 nitrogen and oxygen atoms in total. The van der Waals surface area contributed by atoms with Gasteiger partial charge in [-0.1, -0.05) is 12.1 Å². The van der Waals surface area contributed by atoms with Gasteiger partial charge in [0.1, 0.15) is 6.07 Å². The van der Waals surface area contributed by atoms with Gasteiger partial charge in [0, 0.05) is 21.3 Å². The van der Waals surface area contributed by atoms with Crippen molar-refractivity contribution in [3.8, 4) is 6.07 Å². The van der Waals surface area contributed by atoms with Crippen LogP contribution in [0.4, 0.5) is 0 Å². The molecule has 0 radical (unpaired) electrons. The standard InChI is InChI=1S/C9H8ClNO2S2/c10-15(12,13)6-5-14-9-4-2-1-3-8(9)7-11/h1-4H,5-6H2. The SMILES string of the molecule is N#Cc1ccccc1SCCS(=O)(=O)Cl. The van der Waals surface area contributed by atoms with Gasteiger partial charge in [-0.05, 0) is 12.1 Å². The van der Waals surface area contributed by atoms with Crippen molar-refractivity contribution in [1.82, 2.24) is 0 Å². The average molecular weight is 262 g/mol. The third-order valence-electron chi connectivity index (χ3n) is 1.59. The van der Waals surface area contributed by atoms with E-state index in [0.717, 1.165) is 4.90 Å². The smallest absolute Gasteiger partial charge is 0.212 e. The number of thioether (sulfide) groups is 1. The highest BCUT2D eigenvalue weighted by Gasteiger charge is 2.06. The van der Waals surface area contributed by atoms with Gasteiger partial charge in [0.15, 0.2) is 0 Å². The third kappa shape index (κ3) is 4.56. The van der Waals surface area contributed by atoms with Gasteiger partial charge in [0.05, 0.1) is 11.3 Å². The molecule has 0 saturated heterocycles. The number of halogens is 1. The molecule has 1 rings (SSSR count). The van der Waals surface area contributed by atoms with Crippen LogP contribution in [0.3, 0.4) is 0 Å². The number of nitriles is 1. The zero-order chi connectivity index (χ0) is 11.3. The van der Waals surface area contributed by atoms with Gasteiger partial charge in [-0.2, -0.15) is 5.26 Å². The summed E-state index contributed by atoms with van der Waals surface area (Å²) in [6, 6.07) is 9.08. The van der Waals surface area contributed by atoms with Crippen LogP contribution in [0.5, 0.6) is 0 Å². The van der Waals surface area contributed by atoms with E-state index in [1.54, 1.807) is 24.3 Å². The zero-order valence-electron chi connectivity index (χ0n) is 7.68. The van der Waals surface area contributed by atoms with E-state index >= 15 is 0 Å². The van der Waals surface area contributed by atoms with E-state index in [2.05, 4.69) is 0 Å². The van der Waals surface area contributed by atoms with Crippen LogP contribution in [-0.2, 0) is 9.05 Å². The molecule has 0 aliphatic rings. The second kappa shape index (κ2) is 5.40. The zero-order valence-corrected chi connectivity index (χ0v) is 10.1. The van der Waals surface area contributed by atoms with E-state index in [0.29, 0.717) is 11.3 Å². The minimum absolute atomic E-state index is 0.0982. The Kier molecular flexibility index (Phi) is 4.45. The van der Waals surface area contributed by atoms with E-state index in [4.69, 9.17) is 15.9 Å². The fourth-order valence-corrected chi connectivity index (χ4v) is 3.30. The molecule has 0 amide bonds. The van der Waals surface area contributed by atoms with Crippen molar-refractivity contribution in [3.63, 3.8) is 0 Å². The van der Waals surface area contributed by atoms with E-state index in [9.17, 15) is 8.42 Å². The summed E-state index contributed by atoms with van der Waals surface area (Å²) >= 11 is 1.31. The summed E-state index contributed by atoms with van der Waals surface area (Å²) in [6.07, 6.45) is 0. The summed E-state index contributed by atoms with van der Waals surface area (Å²) < 4.78 is 21.3. The van der Waals surface area contributed by atoms with Crippen LogP contribution in [0, 0.1) is 11.3 Å². The first-order valence-corrected chi connectivity index (χ1v) is 7.53. The Labute approximate surface area is 97.5 Å². The maximum absolute atomic E-state index is 10.7. The highest BCUT2D eigenvalue weighted by molar-refractivity contribution is 8.14. The summed E-state index contributed by atoms with van der Waals surface area (Å²) in [5.74, 6) is 0.253. The molecule has 0 N–H and O–H groups in total. The molecule has 0 atom stereocenters. The second-order valence-electron chi connectivity index (χ2n) is 2.70. The highest BCUT2D eigenvalue weighted by atomic mass is 35.7. The first-order valence-electron chi connectivity index (χ1n) is 4.07. The first kappa shape index (κ1) is 12.4. The maximum Gasteiger partial charge on any atom is 0.233 e. The lowest BCUT2D eigenvalue weighted by Crippen LogP contribution is -1.99. The number of hydrogen-bond donors (Lipinski definition) is 0. The largest absolute Gasteiger partial charge is 0.233 e. The molecule has 0 heterocycles. The molecule has 1 aromatic carbocycles. The molecule has 0 aliphatic heterocycles. The molecular formula is C9H8ClNO2S2. The van der Waals surface area contributed by atoms with E-state index < -0.39 is 9.05 Å². The van der Waals surface area contributed by atoms with E-state index in [1.165, 1.54) is 11.8 Å². The fourth-order valence-electron chi connectivity index (χ4n) is 0.936. The normalized spacial score (nSPS) is 10.9. The molecule has 0 fully saturated rings. The Morgan fingerprint density at radius 1 is 1.40 bits per heavy atom. The van der Waals surface area contributed by atoms with Crippen molar-refractivity contribution < 1.29 is 8.42 Å². The van der Waals surface area contributed by atoms with E-state index in [-0.39, 0.29) is 5.75 Å². The van der Waals surface area contributed by atoms with Crippen LogP contribution in [0.15, 0.2) is 29.2 Å². The molecule has 1 aromatic rings. The minimum atomic E-state index is -3.45. The van der Waals surface area contributed by atoms with Gasteiger partial charge >= 0.3 is 0 Å². The van der Waals surface area contributed by atoms with Gasteiger partial charge in [-0.15, -0.1) is 11.8 Å². The summed E-state index contributed by atoms with van der Waals surface area (Å²) in [5, 5.41) is 8.77. The molecule has 0 unspecified atom stereocenters. The Morgan fingerprint density at radius 3 is 2.67 bits per heavy atom. The minimum Gasteiger partial charge on any atom is -0.212 e. The molecule has 0 spiro atoms. The van der Waals surface area contributed by atoms with Crippen LogP contribution in [0.25, 0.3) is 0 Å². The Balaban J connectivity index is 2.63. The molecular weight excluding hydrogens is 254 g/mol. The van der Waals surface area contributed by atoms with Gasteiger partial charge in [-0.25, -0.2) is 8.42 Å². The predicted octanol–water partition coefficient (Wildman–Crippen LogP) is 2.22. The van der Waals surface area contributed by atoms with Crippen molar-refractivity contribution in [2.75, 3.05) is 11.5 Å². The van der Waals surface area contributed by atoms with Crippen molar-refractivity contribution in [2.24, 2.45) is 0 Å². The average Bonchev–Trinajstić information content (AvgIpc) is 2.16. The van der Waals surface area contributed by atoms with Crippen molar-refractivity contribution in [3.05, 3.63) is 29.8 Å². The van der Waals surface area contributed by atoms with Crippen molar-refractivity contribution in [2.45, 2.75) is 4.90 Å². The quantitative estimate of drug-likeness (QED) is 0.616. The van der Waals surface area contributed by atoms with Gasteiger partial charge < -0.3 is 0 Å². The summed E-state index contributed by atoms with van der Waals surface area (Å²) in [4.78, 5) is 0.778. The molecule has 15 heavy (non-hydrogen) atoms. The van der Waals surface area contributed by atoms with Crippen LogP contribution >= 0.6 is 22.4 Å². The molecule has 0 aromatic heterocycles. The Bertz CT molecular complexity index is 479. The molecule has 80 valence electrons. The lowest BCUT2D eigenvalue weighted by Gasteiger charge is -2.01. The monoisotopic (exact) mass is 261 g/mol. The molecule has 6 heteroatoms. The second-order valence-corrected chi connectivity index (χ2v) is 6.73. The highest BCUT2D eigenvalue weighted by Crippen LogP contribution is 2.22. The van der Waals surface area contributed by atoms with E-state index in [1.807, 2.05) is 6.07 Å². The van der Waals surface area contributed by atoms with Crippen molar-refractivity contribution >= 4 is 31.5 Å². The molecule has 0 aliphatic carbocycles. The van der Waals surface area contributed by atoms with Gasteiger partial charge in [-0.3, -0.25) is 0 Å². The lowest BCUT2D eigenvalue weighted by atomic mass is 10.2. The summed E-state index contributed by atoms with van der Waals surface area (Å²) in [6.45, 7) is 0. The fraction of sp³-hybridized carbons (Fsp3) is 0.222. The molecule has 0 saturated carbocycles. The third-order valence-corrected chi connectivity index (χ3v) is 4.08. The van der Waals surface area contributed by atoms with Gasteiger partial charge in [0.25, 0.3) is 0 Å². The number of nitrogens with zero attached hydrogens (tertiary/aromatic N) is 1. The summed E-state index contributed by atoms with van der Waals surface area (Å²) in [7, 11) is 1.62. The number of hydrogen-bond acceptors (Lipinski definition) is 4. The van der Waals surface area contributed by atoms with Crippen molar-refractivity contribution in [1.29, 1.82) is 5.26 Å². The number of benzene rings is 1. The van der Waals surface area contributed by atoms with Gasteiger partial charge in [0.2, 0.25) is 9.05 Å². The summed E-state index contributed by atoms with van der Waals surface area (Å²) in [5.41, 5.74) is 0.550. The first-order chi connectivity index (χ1) is 7.03. The maximum atomic E-state index is 10.7. The van der Waals surface area contributed by atoms with Crippen LogP contribution in [0.2, 0.25) is 0 Å². The number of rotatable bonds is 4. The Morgan fingerprint density at radius 2 is 2.07 bits per heavy atom. The Hall–Kier alpha value is -0.700. The van der Waals surface area contributed by atoms with Crippen LogP contribution in [0.1, 0.15) is 5.56 Å².